The molecule has 94 valence electrons. The minimum absolute atomic E-state index is 0.0354. The summed E-state index contributed by atoms with van der Waals surface area (Å²) < 4.78 is 1.70. The van der Waals surface area contributed by atoms with Crippen molar-refractivity contribution < 1.29 is 9.90 Å². The molecular weight excluding hydrogens is 264 g/mol. The number of hydrogen-bond donors (Lipinski definition) is 1. The van der Waals surface area contributed by atoms with E-state index >= 15 is 0 Å². The van der Waals surface area contributed by atoms with E-state index < -0.39 is 5.97 Å². The fourth-order valence-electron chi connectivity index (χ4n) is 1.91. The molecule has 0 aliphatic rings. The number of imidazole rings is 1. The maximum absolute atomic E-state index is 10.9. The largest absolute Gasteiger partial charge is 0.476 e. The molecule has 0 atom stereocenters. The standard InChI is InChI=1S/C14H9ClN2O2/c15-11-4-1-9(2-5-11)10-3-6-13-16-12(14(18)19)8-17(13)7-10/h1-8H,(H,18,19). The first-order chi connectivity index (χ1) is 9.13. The number of benzene rings is 1. The van der Waals surface area contributed by atoms with Crippen molar-refractivity contribution in [1.29, 1.82) is 0 Å². The summed E-state index contributed by atoms with van der Waals surface area (Å²) in [7, 11) is 0. The summed E-state index contributed by atoms with van der Waals surface area (Å²) in [6.07, 6.45) is 3.34. The summed E-state index contributed by atoms with van der Waals surface area (Å²) in [5.74, 6) is -1.03. The maximum Gasteiger partial charge on any atom is 0.356 e. The van der Waals surface area contributed by atoms with E-state index in [4.69, 9.17) is 16.7 Å². The van der Waals surface area contributed by atoms with Crippen molar-refractivity contribution in [3.05, 3.63) is 59.5 Å². The van der Waals surface area contributed by atoms with Gasteiger partial charge in [0.1, 0.15) is 5.65 Å². The van der Waals surface area contributed by atoms with Crippen molar-refractivity contribution in [1.82, 2.24) is 9.38 Å². The lowest BCUT2D eigenvalue weighted by molar-refractivity contribution is 0.0691. The molecule has 3 aromatic rings. The molecule has 0 fully saturated rings. The lowest BCUT2D eigenvalue weighted by Crippen LogP contribution is -1.94. The number of carbonyl (C=O) groups is 1. The summed E-state index contributed by atoms with van der Waals surface area (Å²) >= 11 is 5.85. The van der Waals surface area contributed by atoms with Crippen LogP contribution in [0.5, 0.6) is 0 Å². The highest BCUT2D eigenvalue weighted by molar-refractivity contribution is 6.30. The molecule has 0 saturated carbocycles. The van der Waals surface area contributed by atoms with E-state index in [9.17, 15) is 4.79 Å². The van der Waals surface area contributed by atoms with Crippen molar-refractivity contribution in [2.75, 3.05) is 0 Å². The SMILES string of the molecule is O=C(O)c1cn2cc(-c3ccc(Cl)cc3)ccc2n1. The predicted molar refractivity (Wildman–Crippen MR) is 72.6 cm³/mol. The summed E-state index contributed by atoms with van der Waals surface area (Å²) in [5.41, 5.74) is 2.62. The number of pyridine rings is 1. The van der Waals surface area contributed by atoms with Gasteiger partial charge in [0.05, 0.1) is 0 Å². The fourth-order valence-corrected chi connectivity index (χ4v) is 2.03. The maximum atomic E-state index is 10.9. The van der Waals surface area contributed by atoms with Gasteiger partial charge in [0.25, 0.3) is 0 Å². The topological polar surface area (TPSA) is 54.6 Å². The Morgan fingerprint density at radius 2 is 1.74 bits per heavy atom. The molecule has 0 bridgehead atoms. The molecule has 2 aromatic heterocycles. The smallest absolute Gasteiger partial charge is 0.356 e. The Morgan fingerprint density at radius 3 is 2.42 bits per heavy atom. The van der Waals surface area contributed by atoms with Crippen LogP contribution < -0.4 is 0 Å². The Kier molecular flexibility index (Phi) is 2.72. The number of hydrogen-bond acceptors (Lipinski definition) is 2. The van der Waals surface area contributed by atoms with E-state index in [2.05, 4.69) is 4.98 Å². The molecule has 0 aliphatic heterocycles. The van der Waals surface area contributed by atoms with E-state index in [1.807, 2.05) is 36.5 Å². The number of carboxylic acids is 1. The molecule has 0 amide bonds. The van der Waals surface area contributed by atoms with Gasteiger partial charge in [0.15, 0.2) is 5.69 Å². The van der Waals surface area contributed by atoms with Crippen LogP contribution in [0.1, 0.15) is 10.5 Å². The lowest BCUT2D eigenvalue weighted by Gasteiger charge is -2.02. The van der Waals surface area contributed by atoms with Crippen molar-refractivity contribution in [3.8, 4) is 11.1 Å². The molecule has 2 heterocycles. The Morgan fingerprint density at radius 1 is 1.05 bits per heavy atom. The normalized spacial score (nSPS) is 10.8. The second-order valence-electron chi connectivity index (χ2n) is 4.12. The molecule has 1 N–H and O–H groups in total. The summed E-state index contributed by atoms with van der Waals surface area (Å²) in [6, 6.07) is 11.2. The van der Waals surface area contributed by atoms with Crippen LogP contribution in [0.15, 0.2) is 48.8 Å². The third-order valence-corrected chi connectivity index (χ3v) is 3.10. The third-order valence-electron chi connectivity index (χ3n) is 2.85. The number of nitrogens with zero attached hydrogens (tertiary/aromatic N) is 2. The number of fused-ring (bicyclic) bond motifs is 1. The van der Waals surface area contributed by atoms with Crippen LogP contribution in [0.4, 0.5) is 0 Å². The zero-order chi connectivity index (χ0) is 13.4. The van der Waals surface area contributed by atoms with Gasteiger partial charge in [0.2, 0.25) is 0 Å². The first-order valence-electron chi connectivity index (χ1n) is 5.61. The summed E-state index contributed by atoms with van der Waals surface area (Å²) in [4.78, 5) is 14.9. The Balaban J connectivity index is 2.10. The highest BCUT2D eigenvalue weighted by Crippen LogP contribution is 2.22. The van der Waals surface area contributed by atoms with Crippen molar-refractivity contribution in [2.45, 2.75) is 0 Å². The van der Waals surface area contributed by atoms with Crippen LogP contribution in [0, 0.1) is 0 Å². The van der Waals surface area contributed by atoms with Crippen molar-refractivity contribution in [2.24, 2.45) is 0 Å². The van der Waals surface area contributed by atoms with E-state index in [0.717, 1.165) is 11.1 Å². The quantitative estimate of drug-likeness (QED) is 0.778. The Bertz CT molecular complexity index is 763. The monoisotopic (exact) mass is 272 g/mol. The molecule has 0 saturated heterocycles. The minimum atomic E-state index is -1.03. The second kappa shape index (κ2) is 4.40. The van der Waals surface area contributed by atoms with E-state index in [-0.39, 0.29) is 5.69 Å². The Hall–Kier alpha value is -2.33. The number of aromatic nitrogens is 2. The second-order valence-corrected chi connectivity index (χ2v) is 4.56. The summed E-state index contributed by atoms with van der Waals surface area (Å²) in [6.45, 7) is 0. The zero-order valence-corrected chi connectivity index (χ0v) is 10.5. The van der Waals surface area contributed by atoms with Crippen LogP contribution >= 0.6 is 11.6 Å². The number of aromatic carboxylic acids is 1. The highest BCUT2D eigenvalue weighted by Gasteiger charge is 2.09. The molecule has 3 rings (SSSR count). The summed E-state index contributed by atoms with van der Waals surface area (Å²) in [5, 5.41) is 9.59. The van der Waals surface area contributed by atoms with Gasteiger partial charge in [-0.05, 0) is 35.4 Å². The van der Waals surface area contributed by atoms with Gasteiger partial charge in [-0.1, -0.05) is 23.7 Å². The molecule has 19 heavy (non-hydrogen) atoms. The van der Waals surface area contributed by atoms with Crippen LogP contribution in [0.25, 0.3) is 16.8 Å². The molecule has 0 aliphatic carbocycles. The highest BCUT2D eigenvalue weighted by atomic mass is 35.5. The van der Waals surface area contributed by atoms with Crippen LogP contribution in [0.3, 0.4) is 0 Å². The molecule has 0 unspecified atom stereocenters. The van der Waals surface area contributed by atoms with E-state index in [1.54, 1.807) is 10.5 Å². The van der Waals surface area contributed by atoms with Gasteiger partial charge in [-0.3, -0.25) is 0 Å². The van der Waals surface area contributed by atoms with Gasteiger partial charge < -0.3 is 9.51 Å². The van der Waals surface area contributed by atoms with Crippen LogP contribution in [0.2, 0.25) is 5.02 Å². The molecule has 0 radical (unpaired) electrons. The molecule has 1 aromatic carbocycles. The minimum Gasteiger partial charge on any atom is -0.476 e. The lowest BCUT2D eigenvalue weighted by atomic mass is 10.1. The first-order valence-corrected chi connectivity index (χ1v) is 5.99. The fraction of sp³-hybridized carbons (Fsp3) is 0. The van der Waals surface area contributed by atoms with Gasteiger partial charge in [-0.15, -0.1) is 0 Å². The zero-order valence-electron chi connectivity index (χ0n) is 9.75. The van der Waals surface area contributed by atoms with Gasteiger partial charge in [0, 0.05) is 17.4 Å². The number of halogens is 1. The van der Waals surface area contributed by atoms with Crippen molar-refractivity contribution in [3.63, 3.8) is 0 Å². The van der Waals surface area contributed by atoms with Crippen LogP contribution in [-0.4, -0.2) is 20.5 Å². The molecular formula is C14H9ClN2O2. The number of carboxylic acid groups (broad SMARTS) is 1. The molecule has 0 spiro atoms. The van der Waals surface area contributed by atoms with Gasteiger partial charge >= 0.3 is 5.97 Å². The van der Waals surface area contributed by atoms with Crippen molar-refractivity contribution >= 4 is 23.2 Å². The Labute approximate surface area is 113 Å². The number of rotatable bonds is 2. The predicted octanol–water partition coefficient (Wildman–Crippen LogP) is 3.35. The van der Waals surface area contributed by atoms with Gasteiger partial charge in [-0.25, -0.2) is 9.78 Å². The molecule has 5 heteroatoms. The molecule has 4 nitrogen and oxygen atoms in total. The van der Waals surface area contributed by atoms with Crippen LogP contribution in [-0.2, 0) is 0 Å². The average molecular weight is 273 g/mol. The van der Waals surface area contributed by atoms with E-state index in [1.165, 1.54) is 6.20 Å². The van der Waals surface area contributed by atoms with E-state index in [0.29, 0.717) is 10.7 Å². The van der Waals surface area contributed by atoms with Gasteiger partial charge in [-0.2, -0.15) is 0 Å². The third kappa shape index (κ3) is 2.18. The first kappa shape index (κ1) is 11.7. The average Bonchev–Trinajstić information content (AvgIpc) is 2.82.